The molecule has 1 heterocycles. The molecule has 1 aromatic carbocycles. The maximum Gasteiger partial charge on any atom is 0.224 e. The number of hydrogen-bond donors (Lipinski definition) is 2. The molecule has 0 radical (unpaired) electrons. The van der Waals surface area contributed by atoms with E-state index in [1.807, 2.05) is 25.1 Å². The summed E-state index contributed by atoms with van der Waals surface area (Å²) in [6.45, 7) is 3.71. The Bertz CT molecular complexity index is 464. The van der Waals surface area contributed by atoms with Crippen LogP contribution in [0.2, 0.25) is 0 Å². The van der Waals surface area contributed by atoms with Crippen LogP contribution in [0.3, 0.4) is 0 Å². The summed E-state index contributed by atoms with van der Waals surface area (Å²) >= 11 is 3.46. The number of rotatable bonds is 4. The van der Waals surface area contributed by atoms with E-state index in [1.165, 1.54) is 0 Å². The summed E-state index contributed by atoms with van der Waals surface area (Å²) < 4.78 is 6.10. The summed E-state index contributed by atoms with van der Waals surface area (Å²) in [7, 11) is 1.64. The van der Waals surface area contributed by atoms with Gasteiger partial charge in [-0.3, -0.25) is 4.79 Å². The first kappa shape index (κ1) is 17.3. The topological polar surface area (TPSA) is 50.4 Å². The maximum atomic E-state index is 12.0. The van der Waals surface area contributed by atoms with Gasteiger partial charge in [0.1, 0.15) is 5.75 Å². The van der Waals surface area contributed by atoms with Gasteiger partial charge in [-0.1, -0.05) is 6.07 Å². The molecule has 1 amide bonds. The molecule has 1 aliphatic heterocycles. The van der Waals surface area contributed by atoms with Gasteiger partial charge in [-0.15, -0.1) is 12.4 Å². The van der Waals surface area contributed by atoms with Gasteiger partial charge in [-0.05, 0) is 53.5 Å². The number of carbonyl (C=O) groups is 1. The zero-order chi connectivity index (χ0) is 13.8. The molecule has 1 aromatic rings. The van der Waals surface area contributed by atoms with Crippen molar-refractivity contribution in [2.24, 2.45) is 5.92 Å². The zero-order valence-electron chi connectivity index (χ0n) is 11.6. The molecule has 2 atom stereocenters. The third-order valence-corrected chi connectivity index (χ3v) is 4.09. The van der Waals surface area contributed by atoms with E-state index in [0.29, 0.717) is 0 Å². The van der Waals surface area contributed by atoms with Crippen molar-refractivity contribution in [3.05, 3.63) is 28.2 Å². The van der Waals surface area contributed by atoms with Crippen LogP contribution in [-0.2, 0) is 4.79 Å². The molecule has 0 aromatic heterocycles. The first-order valence-corrected chi connectivity index (χ1v) is 7.25. The molecule has 112 valence electrons. The molecule has 1 aliphatic rings. The van der Waals surface area contributed by atoms with Crippen LogP contribution in [0.4, 0.5) is 0 Å². The van der Waals surface area contributed by atoms with E-state index < -0.39 is 0 Å². The number of hydrogen-bond acceptors (Lipinski definition) is 3. The van der Waals surface area contributed by atoms with Gasteiger partial charge in [-0.25, -0.2) is 0 Å². The lowest BCUT2D eigenvalue weighted by Gasteiger charge is -2.18. The fourth-order valence-corrected chi connectivity index (χ4v) is 2.80. The third-order valence-electron chi connectivity index (χ3n) is 3.47. The molecule has 0 spiro atoms. The van der Waals surface area contributed by atoms with Gasteiger partial charge in [0.05, 0.1) is 23.5 Å². The van der Waals surface area contributed by atoms with Crippen molar-refractivity contribution in [3.8, 4) is 5.75 Å². The van der Waals surface area contributed by atoms with Gasteiger partial charge in [0, 0.05) is 6.54 Å². The van der Waals surface area contributed by atoms with Crippen molar-refractivity contribution in [3.63, 3.8) is 0 Å². The molecule has 0 aliphatic carbocycles. The average molecular weight is 364 g/mol. The van der Waals surface area contributed by atoms with Crippen LogP contribution in [0.1, 0.15) is 24.9 Å². The number of amides is 1. The number of methoxy groups -OCH3 is 1. The van der Waals surface area contributed by atoms with Gasteiger partial charge in [-0.2, -0.15) is 0 Å². The maximum absolute atomic E-state index is 12.0. The van der Waals surface area contributed by atoms with Crippen LogP contribution in [0.25, 0.3) is 0 Å². The highest BCUT2D eigenvalue weighted by Crippen LogP contribution is 2.28. The number of carbonyl (C=O) groups excluding carboxylic acids is 1. The monoisotopic (exact) mass is 362 g/mol. The minimum Gasteiger partial charge on any atom is -0.496 e. The lowest BCUT2D eigenvalue weighted by molar-refractivity contribution is -0.125. The first-order chi connectivity index (χ1) is 9.11. The van der Waals surface area contributed by atoms with Crippen molar-refractivity contribution < 1.29 is 9.53 Å². The van der Waals surface area contributed by atoms with Crippen molar-refractivity contribution in [1.29, 1.82) is 0 Å². The standard InChI is InChI=1S/C14H19BrN2O2.ClH/c1-9(17-14(18)11-5-6-16-8-11)10-3-4-13(19-2)12(15)7-10;/h3-4,7,9,11,16H,5-6,8H2,1-2H3,(H,17,18);1H. The highest BCUT2D eigenvalue weighted by molar-refractivity contribution is 9.10. The Morgan fingerprint density at radius 1 is 1.55 bits per heavy atom. The van der Waals surface area contributed by atoms with E-state index in [9.17, 15) is 4.79 Å². The van der Waals surface area contributed by atoms with Gasteiger partial charge >= 0.3 is 0 Å². The average Bonchev–Trinajstić information content (AvgIpc) is 2.92. The Balaban J connectivity index is 0.00000200. The second kappa shape index (κ2) is 7.86. The number of halogens is 2. The van der Waals surface area contributed by atoms with Crippen LogP contribution in [0.5, 0.6) is 5.75 Å². The van der Waals surface area contributed by atoms with Crippen LogP contribution in [-0.4, -0.2) is 26.1 Å². The third kappa shape index (κ3) is 4.11. The van der Waals surface area contributed by atoms with Crippen molar-refractivity contribution in [2.45, 2.75) is 19.4 Å². The largest absolute Gasteiger partial charge is 0.496 e. The molecule has 2 unspecified atom stereocenters. The number of benzene rings is 1. The molecule has 2 rings (SSSR count). The van der Waals surface area contributed by atoms with E-state index in [-0.39, 0.29) is 30.3 Å². The lowest BCUT2D eigenvalue weighted by Crippen LogP contribution is -2.33. The fourth-order valence-electron chi connectivity index (χ4n) is 2.24. The quantitative estimate of drug-likeness (QED) is 0.865. The molecular weight excluding hydrogens is 344 g/mol. The van der Waals surface area contributed by atoms with Gasteiger partial charge in [0.2, 0.25) is 5.91 Å². The van der Waals surface area contributed by atoms with Crippen molar-refractivity contribution in [1.82, 2.24) is 10.6 Å². The van der Waals surface area contributed by atoms with E-state index in [4.69, 9.17) is 4.74 Å². The normalized spacial score (nSPS) is 19.1. The summed E-state index contributed by atoms with van der Waals surface area (Å²) in [5.41, 5.74) is 1.06. The molecule has 4 nitrogen and oxygen atoms in total. The minimum atomic E-state index is -0.00435. The SMILES string of the molecule is COc1ccc(C(C)NC(=O)C2CCNC2)cc1Br.Cl. The molecule has 2 N–H and O–H groups in total. The summed E-state index contributed by atoms with van der Waals surface area (Å²) in [6, 6.07) is 5.85. The summed E-state index contributed by atoms with van der Waals surface area (Å²) in [5, 5.41) is 6.27. The van der Waals surface area contributed by atoms with Crippen molar-refractivity contribution >= 4 is 34.2 Å². The van der Waals surface area contributed by atoms with Crippen LogP contribution >= 0.6 is 28.3 Å². The molecular formula is C14H20BrClN2O2. The molecule has 1 fully saturated rings. The van der Waals surface area contributed by atoms with Crippen molar-refractivity contribution in [2.75, 3.05) is 20.2 Å². The van der Waals surface area contributed by atoms with E-state index in [0.717, 1.165) is 35.3 Å². The first-order valence-electron chi connectivity index (χ1n) is 6.46. The summed E-state index contributed by atoms with van der Waals surface area (Å²) in [6.07, 6.45) is 0.921. The highest BCUT2D eigenvalue weighted by atomic mass is 79.9. The Kier molecular flexibility index (Phi) is 6.79. The predicted molar refractivity (Wildman–Crippen MR) is 85.5 cm³/mol. The summed E-state index contributed by atoms with van der Waals surface area (Å²) in [5.74, 6) is 1.02. The minimum absolute atomic E-state index is 0. The fraction of sp³-hybridized carbons (Fsp3) is 0.500. The molecule has 6 heteroatoms. The molecule has 0 saturated carbocycles. The lowest BCUT2D eigenvalue weighted by atomic mass is 10.1. The second-order valence-corrected chi connectivity index (χ2v) is 5.67. The highest BCUT2D eigenvalue weighted by Gasteiger charge is 2.23. The Labute approximate surface area is 134 Å². The smallest absolute Gasteiger partial charge is 0.224 e. The van der Waals surface area contributed by atoms with E-state index in [2.05, 4.69) is 26.6 Å². The van der Waals surface area contributed by atoms with Gasteiger partial charge < -0.3 is 15.4 Å². The van der Waals surface area contributed by atoms with Crippen LogP contribution in [0.15, 0.2) is 22.7 Å². The van der Waals surface area contributed by atoms with Gasteiger partial charge in [0.15, 0.2) is 0 Å². The Hall–Kier alpha value is -0.780. The van der Waals surface area contributed by atoms with E-state index in [1.54, 1.807) is 7.11 Å². The number of ether oxygens (including phenoxy) is 1. The molecule has 20 heavy (non-hydrogen) atoms. The van der Waals surface area contributed by atoms with Gasteiger partial charge in [0.25, 0.3) is 0 Å². The number of nitrogens with one attached hydrogen (secondary N) is 2. The molecule has 1 saturated heterocycles. The van der Waals surface area contributed by atoms with E-state index >= 15 is 0 Å². The second-order valence-electron chi connectivity index (χ2n) is 4.81. The van der Waals surface area contributed by atoms with Crippen LogP contribution in [0, 0.1) is 5.92 Å². The predicted octanol–water partition coefficient (Wildman–Crippen LogP) is 2.67. The summed E-state index contributed by atoms with van der Waals surface area (Å²) in [4.78, 5) is 12.0. The molecule has 0 bridgehead atoms. The Morgan fingerprint density at radius 3 is 2.85 bits per heavy atom. The van der Waals surface area contributed by atoms with Crippen LogP contribution < -0.4 is 15.4 Å². The Morgan fingerprint density at radius 2 is 2.30 bits per heavy atom. The zero-order valence-corrected chi connectivity index (χ0v) is 14.0.